The lowest BCUT2D eigenvalue weighted by Crippen LogP contribution is -2.35. The fourth-order valence-corrected chi connectivity index (χ4v) is 2.43. The minimum absolute atomic E-state index is 0.561. The monoisotopic (exact) mass is 204 g/mol. The minimum Gasteiger partial charge on any atom is -0.420 e. The zero-order valence-corrected chi connectivity index (χ0v) is 10.4. The molecular weight excluding hydrogens is 180 g/mol. The van der Waals surface area contributed by atoms with Gasteiger partial charge >= 0.3 is 0 Å². The van der Waals surface area contributed by atoms with Crippen LogP contribution in [-0.2, 0) is 4.43 Å². The third kappa shape index (κ3) is 7.19. The molecule has 3 nitrogen and oxygen atoms in total. The highest BCUT2D eigenvalue weighted by molar-refractivity contribution is 6.71. The Hall–Kier alpha value is 0.0969. The van der Waals surface area contributed by atoms with Gasteiger partial charge < -0.3 is 15.5 Å². The molecule has 0 aromatic rings. The van der Waals surface area contributed by atoms with Gasteiger partial charge in [0.1, 0.15) is 0 Å². The fourth-order valence-electron chi connectivity index (χ4n) is 1.10. The summed E-state index contributed by atoms with van der Waals surface area (Å²) in [6.45, 7) is 8.34. The summed E-state index contributed by atoms with van der Waals surface area (Å²) in [5, 5.41) is 3.37. The quantitative estimate of drug-likeness (QED) is 0.612. The van der Waals surface area contributed by atoms with Crippen molar-refractivity contribution in [1.82, 2.24) is 5.32 Å². The van der Waals surface area contributed by atoms with E-state index in [1.54, 1.807) is 0 Å². The van der Waals surface area contributed by atoms with Gasteiger partial charge in [-0.3, -0.25) is 0 Å². The van der Waals surface area contributed by atoms with Crippen molar-refractivity contribution in [3.8, 4) is 0 Å². The third-order valence-electron chi connectivity index (χ3n) is 2.37. The Bertz CT molecular complexity index is 131. The largest absolute Gasteiger partial charge is 0.420 e. The lowest BCUT2D eigenvalue weighted by molar-refractivity contribution is 0.397. The Morgan fingerprint density at radius 2 is 2.08 bits per heavy atom. The van der Waals surface area contributed by atoms with E-state index in [1.807, 2.05) is 7.11 Å². The van der Waals surface area contributed by atoms with Crippen molar-refractivity contribution in [1.29, 1.82) is 0 Å². The summed E-state index contributed by atoms with van der Waals surface area (Å²) in [7, 11) is 0.473. The van der Waals surface area contributed by atoms with Crippen LogP contribution in [0.3, 0.4) is 0 Å². The second-order valence-corrected chi connectivity index (χ2v) is 8.57. The van der Waals surface area contributed by atoms with Crippen LogP contribution < -0.4 is 11.1 Å². The van der Waals surface area contributed by atoms with E-state index in [4.69, 9.17) is 10.2 Å². The molecule has 0 aliphatic rings. The van der Waals surface area contributed by atoms with Crippen LogP contribution in [-0.4, -0.2) is 34.6 Å². The van der Waals surface area contributed by atoms with Gasteiger partial charge in [-0.15, -0.1) is 0 Å². The SMILES string of the molecule is CO[Si](C)(C)CCC(C)NCCN. The Balaban J connectivity index is 3.51. The summed E-state index contributed by atoms with van der Waals surface area (Å²) in [6.07, 6.45) is 1.19. The average molecular weight is 204 g/mol. The van der Waals surface area contributed by atoms with Crippen molar-refractivity contribution in [3.05, 3.63) is 0 Å². The molecule has 4 heteroatoms. The first-order chi connectivity index (χ1) is 6.02. The number of nitrogens with one attached hydrogen (secondary N) is 1. The number of rotatable bonds is 7. The first kappa shape index (κ1) is 13.1. The Labute approximate surface area is 83.2 Å². The molecule has 0 saturated heterocycles. The first-order valence-electron chi connectivity index (χ1n) is 5.00. The molecule has 0 heterocycles. The van der Waals surface area contributed by atoms with Crippen molar-refractivity contribution in [2.45, 2.75) is 38.5 Å². The van der Waals surface area contributed by atoms with E-state index in [1.165, 1.54) is 12.5 Å². The van der Waals surface area contributed by atoms with Gasteiger partial charge in [0.15, 0.2) is 8.32 Å². The molecule has 0 fully saturated rings. The molecule has 0 saturated carbocycles. The highest BCUT2D eigenvalue weighted by atomic mass is 28.4. The number of hydrogen-bond donors (Lipinski definition) is 2. The molecule has 1 atom stereocenters. The van der Waals surface area contributed by atoms with E-state index < -0.39 is 8.32 Å². The van der Waals surface area contributed by atoms with Gasteiger partial charge in [0.25, 0.3) is 0 Å². The lowest BCUT2D eigenvalue weighted by atomic mass is 10.2. The summed E-state index contributed by atoms with van der Waals surface area (Å²) in [5.41, 5.74) is 5.41. The average Bonchev–Trinajstić information content (AvgIpc) is 2.11. The highest BCUT2D eigenvalue weighted by Crippen LogP contribution is 2.13. The van der Waals surface area contributed by atoms with E-state index in [0.29, 0.717) is 6.04 Å². The van der Waals surface area contributed by atoms with Crippen molar-refractivity contribution in [2.24, 2.45) is 5.73 Å². The highest BCUT2D eigenvalue weighted by Gasteiger charge is 2.20. The van der Waals surface area contributed by atoms with Crippen molar-refractivity contribution < 1.29 is 4.43 Å². The predicted molar refractivity (Wildman–Crippen MR) is 60.4 cm³/mol. The second kappa shape index (κ2) is 6.54. The van der Waals surface area contributed by atoms with Gasteiger partial charge in [0.2, 0.25) is 0 Å². The van der Waals surface area contributed by atoms with E-state index in [-0.39, 0.29) is 0 Å². The van der Waals surface area contributed by atoms with Crippen LogP contribution >= 0.6 is 0 Å². The Morgan fingerprint density at radius 3 is 2.54 bits per heavy atom. The normalized spacial score (nSPS) is 14.5. The Kier molecular flexibility index (Phi) is 6.58. The van der Waals surface area contributed by atoms with Gasteiger partial charge in [-0.05, 0) is 32.5 Å². The van der Waals surface area contributed by atoms with Gasteiger partial charge in [-0.25, -0.2) is 0 Å². The molecule has 3 N–H and O–H groups in total. The van der Waals surface area contributed by atoms with Gasteiger partial charge in [-0.2, -0.15) is 0 Å². The molecule has 13 heavy (non-hydrogen) atoms. The van der Waals surface area contributed by atoms with Crippen LogP contribution in [0.15, 0.2) is 0 Å². The lowest BCUT2D eigenvalue weighted by Gasteiger charge is -2.22. The summed E-state index contributed by atoms with van der Waals surface area (Å²) < 4.78 is 5.48. The standard InChI is InChI=1S/C9H24N2OSi/c1-9(11-7-6-10)5-8-13(3,4)12-2/h9,11H,5-8,10H2,1-4H3. The zero-order chi connectivity index (χ0) is 10.3. The van der Waals surface area contributed by atoms with E-state index in [0.717, 1.165) is 13.1 Å². The molecule has 0 rings (SSSR count). The number of hydrogen-bond acceptors (Lipinski definition) is 3. The molecule has 0 spiro atoms. The third-order valence-corrected chi connectivity index (χ3v) is 4.97. The van der Waals surface area contributed by atoms with E-state index >= 15 is 0 Å². The Morgan fingerprint density at radius 1 is 1.46 bits per heavy atom. The summed E-state index contributed by atoms with van der Waals surface area (Å²) >= 11 is 0. The van der Waals surface area contributed by atoms with Crippen LogP contribution in [0.25, 0.3) is 0 Å². The maximum atomic E-state index is 5.48. The molecule has 0 aromatic heterocycles. The molecule has 0 aliphatic carbocycles. The first-order valence-corrected chi connectivity index (χ1v) is 8.12. The summed E-state index contributed by atoms with van der Waals surface area (Å²) in [6, 6.07) is 1.77. The maximum Gasteiger partial charge on any atom is 0.186 e. The predicted octanol–water partition coefficient (Wildman–Crippen LogP) is 1.16. The van der Waals surface area contributed by atoms with Crippen molar-refractivity contribution >= 4 is 8.32 Å². The van der Waals surface area contributed by atoms with Crippen molar-refractivity contribution in [3.63, 3.8) is 0 Å². The molecule has 80 valence electrons. The smallest absolute Gasteiger partial charge is 0.186 e. The second-order valence-electron chi connectivity index (χ2n) is 4.15. The summed E-state index contributed by atoms with van der Waals surface area (Å²) in [5.74, 6) is 0. The molecule has 0 aliphatic heterocycles. The maximum absolute atomic E-state index is 5.48. The molecule has 0 aromatic carbocycles. The molecule has 0 bridgehead atoms. The van der Waals surface area contributed by atoms with Crippen LogP contribution in [0.4, 0.5) is 0 Å². The molecule has 1 unspecified atom stereocenters. The van der Waals surface area contributed by atoms with Crippen LogP contribution in [0.1, 0.15) is 13.3 Å². The van der Waals surface area contributed by atoms with E-state index in [9.17, 15) is 0 Å². The van der Waals surface area contributed by atoms with Gasteiger partial charge in [0.05, 0.1) is 0 Å². The van der Waals surface area contributed by atoms with Crippen LogP contribution in [0.2, 0.25) is 19.1 Å². The van der Waals surface area contributed by atoms with Crippen LogP contribution in [0.5, 0.6) is 0 Å². The topological polar surface area (TPSA) is 47.3 Å². The molecule has 0 radical (unpaired) electrons. The molecule has 0 amide bonds. The van der Waals surface area contributed by atoms with Gasteiger partial charge in [0, 0.05) is 26.2 Å². The molecular formula is C9H24N2OSi. The minimum atomic E-state index is -1.35. The van der Waals surface area contributed by atoms with Crippen LogP contribution in [0, 0.1) is 0 Å². The summed E-state index contributed by atoms with van der Waals surface area (Å²) in [4.78, 5) is 0. The van der Waals surface area contributed by atoms with Gasteiger partial charge in [-0.1, -0.05) is 0 Å². The van der Waals surface area contributed by atoms with Crippen molar-refractivity contribution in [2.75, 3.05) is 20.2 Å². The number of nitrogens with two attached hydrogens (primary N) is 1. The van der Waals surface area contributed by atoms with E-state index in [2.05, 4.69) is 25.3 Å². The fraction of sp³-hybridized carbons (Fsp3) is 1.00. The zero-order valence-electron chi connectivity index (χ0n) is 9.39.